The number of carbonyl (C=O) groups is 1. The molecule has 172 valence electrons. The maximum Gasteiger partial charge on any atom is 0.338 e. The first-order chi connectivity index (χ1) is 16.0. The van der Waals surface area contributed by atoms with Gasteiger partial charge in [-0.05, 0) is 80.6 Å². The smallest absolute Gasteiger partial charge is 0.338 e. The van der Waals surface area contributed by atoms with Crippen molar-refractivity contribution < 1.29 is 19.4 Å². The van der Waals surface area contributed by atoms with Crippen molar-refractivity contribution in [2.24, 2.45) is 0 Å². The Labute approximate surface area is 194 Å². The Morgan fingerprint density at radius 2 is 2.00 bits per heavy atom. The number of hydrogen-bond donors (Lipinski definition) is 2. The average Bonchev–Trinajstić information content (AvgIpc) is 2.83. The normalized spacial score (nSPS) is 16.0. The third-order valence-corrected chi connectivity index (χ3v) is 5.91. The Morgan fingerprint density at radius 1 is 1.15 bits per heavy atom. The zero-order valence-corrected chi connectivity index (χ0v) is 19.1. The Kier molecular flexibility index (Phi) is 7.37. The van der Waals surface area contributed by atoms with Crippen LogP contribution in [-0.2, 0) is 17.6 Å². The monoisotopic (exact) mass is 446 g/mol. The van der Waals surface area contributed by atoms with E-state index in [-0.39, 0.29) is 12.0 Å². The van der Waals surface area contributed by atoms with Gasteiger partial charge in [0.05, 0.1) is 18.3 Å². The maximum absolute atomic E-state index is 12.0. The summed E-state index contributed by atoms with van der Waals surface area (Å²) in [7, 11) is 0. The predicted molar refractivity (Wildman–Crippen MR) is 127 cm³/mol. The van der Waals surface area contributed by atoms with Gasteiger partial charge in [-0.15, -0.1) is 0 Å². The van der Waals surface area contributed by atoms with E-state index in [1.807, 2.05) is 31.2 Å². The van der Waals surface area contributed by atoms with Gasteiger partial charge in [-0.2, -0.15) is 0 Å². The van der Waals surface area contributed by atoms with Gasteiger partial charge in [0.2, 0.25) is 0 Å². The average molecular weight is 447 g/mol. The van der Waals surface area contributed by atoms with Crippen molar-refractivity contribution in [3.63, 3.8) is 0 Å². The lowest BCUT2D eigenvalue weighted by Gasteiger charge is -2.27. The number of nitrogens with one attached hydrogen (secondary N) is 1. The van der Waals surface area contributed by atoms with Crippen molar-refractivity contribution in [2.45, 2.75) is 45.3 Å². The minimum absolute atomic E-state index is 0.285. The molecular weight excluding hydrogens is 416 g/mol. The van der Waals surface area contributed by atoms with E-state index in [0.717, 1.165) is 36.3 Å². The molecule has 0 bridgehead atoms. The zero-order chi connectivity index (χ0) is 23.2. The van der Waals surface area contributed by atoms with Crippen LogP contribution in [0.25, 0.3) is 0 Å². The number of ether oxygens (including phenoxy) is 2. The number of fused-ring (bicyclic) bond motifs is 1. The second-order valence-corrected chi connectivity index (χ2v) is 8.38. The van der Waals surface area contributed by atoms with Crippen LogP contribution in [0.2, 0.25) is 0 Å². The first kappa shape index (κ1) is 23.0. The fourth-order valence-corrected chi connectivity index (χ4v) is 4.08. The van der Waals surface area contributed by atoms with Crippen molar-refractivity contribution in [1.29, 1.82) is 0 Å². The lowest BCUT2D eigenvalue weighted by atomic mass is 9.88. The van der Waals surface area contributed by atoms with Crippen LogP contribution in [0.5, 0.6) is 11.5 Å². The minimum atomic E-state index is -0.583. The van der Waals surface area contributed by atoms with Crippen LogP contribution in [0.3, 0.4) is 0 Å². The number of hydrogen-bond acceptors (Lipinski definition) is 6. The van der Waals surface area contributed by atoms with Crippen molar-refractivity contribution in [3.8, 4) is 11.5 Å². The molecule has 33 heavy (non-hydrogen) atoms. The molecule has 2 N–H and O–H groups in total. The summed E-state index contributed by atoms with van der Waals surface area (Å²) < 4.78 is 11.1. The SMILES string of the molecule is CCOC(=O)c1cccc(Oc2ccc3c(c2)C[C@@H](NC[C@H](O)c2ccc(C)nc2)CC3)c1. The Bertz CT molecular complexity index is 1100. The van der Waals surface area contributed by atoms with E-state index in [9.17, 15) is 9.90 Å². The molecule has 0 amide bonds. The van der Waals surface area contributed by atoms with Gasteiger partial charge in [0.25, 0.3) is 0 Å². The number of benzene rings is 2. The summed E-state index contributed by atoms with van der Waals surface area (Å²) in [6.07, 6.45) is 4.02. The summed E-state index contributed by atoms with van der Waals surface area (Å²) in [6, 6.07) is 17.3. The van der Waals surface area contributed by atoms with E-state index in [4.69, 9.17) is 9.47 Å². The molecule has 0 saturated heterocycles. The molecule has 0 spiro atoms. The molecular formula is C27H30N2O4. The number of aliphatic hydroxyl groups is 1. The van der Waals surface area contributed by atoms with Crippen LogP contribution in [0.15, 0.2) is 60.8 Å². The number of aryl methyl sites for hydroxylation is 2. The van der Waals surface area contributed by atoms with Crippen molar-refractivity contribution in [1.82, 2.24) is 10.3 Å². The molecule has 1 aromatic heterocycles. The molecule has 0 unspecified atom stereocenters. The van der Waals surface area contributed by atoms with Gasteiger partial charge < -0.3 is 19.9 Å². The van der Waals surface area contributed by atoms with Crippen molar-refractivity contribution in [2.75, 3.05) is 13.2 Å². The minimum Gasteiger partial charge on any atom is -0.462 e. The molecule has 4 rings (SSSR count). The van der Waals surface area contributed by atoms with Crippen molar-refractivity contribution >= 4 is 5.97 Å². The molecule has 0 aliphatic heterocycles. The van der Waals surface area contributed by atoms with Gasteiger partial charge in [-0.3, -0.25) is 4.98 Å². The standard InChI is InChI=1S/C27H30N2O4/c1-3-32-27(31)20-5-4-6-24(14-20)33-25-12-10-19-9-11-23(13-22(19)15-25)29-17-26(30)21-8-7-18(2)28-16-21/h4-8,10,12,14-16,23,26,29-30H,3,9,11,13,17H2,1-2H3/t23-,26-/m0/s1. The van der Waals surface area contributed by atoms with Gasteiger partial charge in [-0.1, -0.05) is 18.2 Å². The Morgan fingerprint density at radius 3 is 2.79 bits per heavy atom. The third kappa shape index (κ3) is 5.97. The number of aromatic nitrogens is 1. The summed E-state index contributed by atoms with van der Waals surface area (Å²) in [4.78, 5) is 16.3. The highest BCUT2D eigenvalue weighted by Crippen LogP contribution is 2.29. The number of aliphatic hydroxyl groups excluding tert-OH is 1. The topological polar surface area (TPSA) is 80.7 Å². The molecule has 6 heteroatoms. The van der Waals surface area contributed by atoms with E-state index in [2.05, 4.69) is 22.4 Å². The molecule has 3 aromatic rings. The van der Waals surface area contributed by atoms with Gasteiger partial charge in [0, 0.05) is 30.0 Å². The summed E-state index contributed by atoms with van der Waals surface area (Å²) in [5.74, 6) is 0.980. The lowest BCUT2D eigenvalue weighted by molar-refractivity contribution is 0.0526. The van der Waals surface area contributed by atoms with Crippen LogP contribution in [-0.4, -0.2) is 35.3 Å². The molecule has 0 fully saturated rings. The van der Waals surface area contributed by atoms with Crippen LogP contribution >= 0.6 is 0 Å². The molecule has 0 saturated carbocycles. The van der Waals surface area contributed by atoms with Crippen LogP contribution in [0, 0.1) is 6.92 Å². The summed E-state index contributed by atoms with van der Waals surface area (Å²) >= 11 is 0. The van der Waals surface area contributed by atoms with Gasteiger partial charge in [0.15, 0.2) is 0 Å². The number of nitrogens with zero attached hydrogens (tertiary/aromatic N) is 1. The third-order valence-electron chi connectivity index (χ3n) is 5.91. The fourth-order valence-electron chi connectivity index (χ4n) is 4.08. The van der Waals surface area contributed by atoms with Gasteiger partial charge in [0.1, 0.15) is 11.5 Å². The van der Waals surface area contributed by atoms with Crippen LogP contribution in [0.4, 0.5) is 0 Å². The number of rotatable bonds is 8. The highest BCUT2D eigenvalue weighted by molar-refractivity contribution is 5.89. The predicted octanol–water partition coefficient (Wildman–Crippen LogP) is 4.54. The summed E-state index contributed by atoms with van der Waals surface area (Å²) in [5, 5.41) is 14.0. The summed E-state index contributed by atoms with van der Waals surface area (Å²) in [5.41, 5.74) is 4.80. The highest BCUT2D eigenvalue weighted by atomic mass is 16.5. The van der Waals surface area contributed by atoms with E-state index in [1.54, 1.807) is 31.3 Å². The molecule has 2 aromatic carbocycles. The molecule has 0 radical (unpaired) electrons. The molecule has 6 nitrogen and oxygen atoms in total. The number of esters is 1. The fraction of sp³-hybridized carbons (Fsp3) is 0.333. The maximum atomic E-state index is 12.0. The van der Waals surface area contributed by atoms with Crippen LogP contribution in [0.1, 0.15) is 52.2 Å². The summed E-state index contributed by atoms with van der Waals surface area (Å²) in [6.45, 7) is 4.54. The lowest BCUT2D eigenvalue weighted by Crippen LogP contribution is -2.37. The second-order valence-electron chi connectivity index (χ2n) is 8.38. The molecule has 1 heterocycles. The second kappa shape index (κ2) is 10.6. The number of carbonyl (C=O) groups excluding carboxylic acids is 1. The van der Waals surface area contributed by atoms with E-state index >= 15 is 0 Å². The molecule has 2 atom stereocenters. The zero-order valence-electron chi connectivity index (χ0n) is 19.1. The van der Waals surface area contributed by atoms with E-state index in [0.29, 0.717) is 24.5 Å². The quantitative estimate of drug-likeness (QED) is 0.495. The van der Waals surface area contributed by atoms with Gasteiger partial charge in [-0.25, -0.2) is 4.79 Å². The first-order valence-corrected chi connectivity index (χ1v) is 11.4. The Balaban J connectivity index is 1.38. The van der Waals surface area contributed by atoms with Crippen LogP contribution < -0.4 is 10.1 Å². The molecule has 1 aliphatic carbocycles. The van der Waals surface area contributed by atoms with E-state index < -0.39 is 6.10 Å². The largest absolute Gasteiger partial charge is 0.462 e. The van der Waals surface area contributed by atoms with E-state index in [1.165, 1.54) is 11.1 Å². The Hall–Kier alpha value is -3.22. The first-order valence-electron chi connectivity index (χ1n) is 11.4. The van der Waals surface area contributed by atoms with Gasteiger partial charge >= 0.3 is 5.97 Å². The number of pyridine rings is 1. The molecule has 1 aliphatic rings. The highest BCUT2D eigenvalue weighted by Gasteiger charge is 2.20. The van der Waals surface area contributed by atoms with Crippen molar-refractivity contribution in [3.05, 3.63) is 88.7 Å².